The predicted octanol–water partition coefficient (Wildman–Crippen LogP) is 3.39. The van der Waals surface area contributed by atoms with Crippen LogP contribution in [0, 0.1) is 23.2 Å². The third-order valence-electron chi connectivity index (χ3n) is 6.66. The fraction of sp³-hybridized carbons (Fsp3) is 0.619. The molecule has 4 aliphatic carbocycles. The summed E-state index contributed by atoms with van der Waals surface area (Å²) in [5.41, 5.74) is -0.0681. The Labute approximate surface area is 166 Å². The second-order valence-corrected chi connectivity index (χ2v) is 10.8. The van der Waals surface area contributed by atoms with Gasteiger partial charge in [0, 0.05) is 5.41 Å². The first kappa shape index (κ1) is 19.4. The number of nitrogens with one attached hydrogen (secondary N) is 1. The molecule has 0 unspecified atom stereocenters. The number of anilines is 1. The van der Waals surface area contributed by atoms with Gasteiger partial charge >= 0.3 is 5.97 Å². The lowest BCUT2D eigenvalue weighted by Gasteiger charge is -2.56. The Bertz CT molecular complexity index is 872. The van der Waals surface area contributed by atoms with Gasteiger partial charge < -0.3 is 4.74 Å². The minimum Gasteiger partial charge on any atom is -0.451 e. The van der Waals surface area contributed by atoms with Crippen molar-refractivity contribution in [1.29, 1.82) is 0 Å². The molecule has 5 rings (SSSR count). The number of ketones is 1. The fourth-order valence-electron chi connectivity index (χ4n) is 6.07. The van der Waals surface area contributed by atoms with Gasteiger partial charge in [-0.1, -0.05) is 12.1 Å². The van der Waals surface area contributed by atoms with Crippen molar-refractivity contribution in [3.63, 3.8) is 0 Å². The summed E-state index contributed by atoms with van der Waals surface area (Å²) in [5, 5.41) is 0. The number of hydrogen-bond donors (Lipinski definition) is 1. The van der Waals surface area contributed by atoms with Gasteiger partial charge in [0.25, 0.3) is 0 Å². The van der Waals surface area contributed by atoms with Gasteiger partial charge in [-0.3, -0.25) is 9.52 Å². The van der Waals surface area contributed by atoms with E-state index in [1.54, 1.807) is 19.1 Å². The lowest BCUT2D eigenvalue weighted by molar-refractivity contribution is -0.152. The van der Waals surface area contributed by atoms with Crippen LogP contribution in [0.1, 0.15) is 55.8 Å². The number of carbonyl (C=O) groups is 2. The summed E-state index contributed by atoms with van der Waals surface area (Å²) in [4.78, 5) is 26.0. The highest BCUT2D eigenvalue weighted by atomic mass is 32.2. The third kappa shape index (κ3) is 3.69. The van der Waals surface area contributed by atoms with E-state index in [0.717, 1.165) is 25.5 Å². The molecule has 0 aromatic heterocycles. The molecule has 152 valence electrons. The molecule has 4 aliphatic rings. The highest BCUT2D eigenvalue weighted by Gasteiger charge is 2.55. The van der Waals surface area contributed by atoms with Crippen molar-refractivity contribution in [2.75, 3.05) is 11.0 Å². The monoisotopic (exact) mass is 405 g/mol. The molecule has 0 saturated heterocycles. The lowest BCUT2D eigenvalue weighted by atomic mass is 9.48. The van der Waals surface area contributed by atoms with Crippen LogP contribution in [-0.4, -0.2) is 32.5 Å². The van der Waals surface area contributed by atoms with Crippen LogP contribution in [-0.2, 0) is 19.6 Å². The second-order valence-electron chi connectivity index (χ2n) is 9.03. The van der Waals surface area contributed by atoms with Gasteiger partial charge in [0.05, 0.1) is 17.5 Å². The number of para-hydroxylation sites is 1. The van der Waals surface area contributed by atoms with Crippen LogP contribution in [0.5, 0.6) is 0 Å². The SMILES string of the molecule is C[C@@H](OC(=O)c1ccccc1NS(C)(=O)=O)C(=O)C12CC3CC(CC(C3)C1)C2. The van der Waals surface area contributed by atoms with Crippen molar-refractivity contribution in [3.8, 4) is 0 Å². The van der Waals surface area contributed by atoms with E-state index in [1.807, 2.05) is 0 Å². The van der Waals surface area contributed by atoms with E-state index in [4.69, 9.17) is 4.74 Å². The molecular formula is C21H27NO5S. The van der Waals surface area contributed by atoms with Gasteiger partial charge in [-0.15, -0.1) is 0 Å². The first-order valence-corrected chi connectivity index (χ1v) is 11.9. The van der Waals surface area contributed by atoms with Crippen LogP contribution in [0.15, 0.2) is 24.3 Å². The van der Waals surface area contributed by atoms with E-state index in [1.165, 1.54) is 31.4 Å². The quantitative estimate of drug-likeness (QED) is 0.733. The number of rotatable bonds is 6. The Balaban J connectivity index is 1.49. The average molecular weight is 406 g/mol. The largest absolute Gasteiger partial charge is 0.451 e. The first-order valence-electron chi connectivity index (χ1n) is 9.97. The highest BCUT2D eigenvalue weighted by Crippen LogP contribution is 2.60. The van der Waals surface area contributed by atoms with Crippen molar-refractivity contribution >= 4 is 27.5 Å². The van der Waals surface area contributed by atoms with Crippen molar-refractivity contribution < 1.29 is 22.7 Å². The molecule has 4 saturated carbocycles. The summed E-state index contributed by atoms with van der Waals surface area (Å²) in [6.45, 7) is 1.64. The molecule has 4 bridgehead atoms. The van der Waals surface area contributed by atoms with Gasteiger partial charge in [-0.2, -0.15) is 0 Å². The molecule has 7 heteroatoms. The molecule has 1 aromatic rings. The van der Waals surface area contributed by atoms with Crippen molar-refractivity contribution in [3.05, 3.63) is 29.8 Å². The fourth-order valence-corrected chi connectivity index (χ4v) is 6.65. The Kier molecular flexibility index (Phi) is 4.76. The zero-order valence-corrected chi connectivity index (χ0v) is 17.1. The zero-order chi connectivity index (χ0) is 20.1. The van der Waals surface area contributed by atoms with Gasteiger partial charge in [-0.25, -0.2) is 13.2 Å². The number of benzene rings is 1. The minimum absolute atomic E-state index is 0.0357. The van der Waals surface area contributed by atoms with Crippen molar-refractivity contribution in [1.82, 2.24) is 0 Å². The van der Waals surface area contributed by atoms with E-state index < -0.39 is 22.1 Å². The molecule has 6 nitrogen and oxygen atoms in total. The van der Waals surface area contributed by atoms with Crippen LogP contribution in [0.25, 0.3) is 0 Å². The maximum absolute atomic E-state index is 13.3. The first-order chi connectivity index (χ1) is 13.2. The number of sulfonamides is 1. The summed E-state index contributed by atoms with van der Waals surface area (Å²) in [6.07, 6.45) is 6.68. The van der Waals surface area contributed by atoms with E-state index in [0.29, 0.717) is 17.8 Å². The molecule has 0 aliphatic heterocycles. The Morgan fingerprint density at radius 2 is 1.61 bits per heavy atom. The molecule has 0 heterocycles. The third-order valence-corrected chi connectivity index (χ3v) is 7.25. The topological polar surface area (TPSA) is 89.5 Å². The Morgan fingerprint density at radius 1 is 1.07 bits per heavy atom. The number of carbonyl (C=O) groups excluding carboxylic acids is 2. The molecule has 0 amide bonds. The van der Waals surface area contributed by atoms with E-state index in [2.05, 4.69) is 4.72 Å². The molecule has 1 atom stereocenters. The molecule has 4 fully saturated rings. The van der Waals surface area contributed by atoms with Crippen LogP contribution < -0.4 is 4.72 Å². The van der Waals surface area contributed by atoms with Crippen LogP contribution >= 0.6 is 0 Å². The molecule has 0 radical (unpaired) electrons. The summed E-state index contributed by atoms with van der Waals surface area (Å²) >= 11 is 0. The predicted molar refractivity (Wildman–Crippen MR) is 105 cm³/mol. The standard InChI is InChI=1S/C21H27NO5S/c1-13(19(23)21-10-14-7-15(11-21)9-16(8-14)12-21)27-20(24)17-5-3-4-6-18(17)22-28(2,25)26/h3-6,13-16,22H,7-12H2,1-2H3/t13-,14?,15?,16?,21?/m1/s1. The minimum atomic E-state index is -3.53. The van der Waals surface area contributed by atoms with E-state index >= 15 is 0 Å². The smallest absolute Gasteiger partial charge is 0.340 e. The maximum Gasteiger partial charge on any atom is 0.340 e. The van der Waals surface area contributed by atoms with Crippen LogP contribution in [0.3, 0.4) is 0 Å². The second kappa shape index (κ2) is 6.87. The average Bonchev–Trinajstić information content (AvgIpc) is 2.58. The molecule has 1 N–H and O–H groups in total. The van der Waals surface area contributed by atoms with E-state index in [9.17, 15) is 18.0 Å². The van der Waals surface area contributed by atoms with Crippen molar-refractivity contribution in [2.45, 2.75) is 51.6 Å². The van der Waals surface area contributed by atoms with Crippen LogP contribution in [0.4, 0.5) is 5.69 Å². The van der Waals surface area contributed by atoms with Gasteiger partial charge in [0.2, 0.25) is 10.0 Å². The number of esters is 1. The highest BCUT2D eigenvalue weighted by molar-refractivity contribution is 7.92. The Morgan fingerprint density at radius 3 is 2.14 bits per heavy atom. The summed E-state index contributed by atoms with van der Waals surface area (Å²) in [6, 6.07) is 6.27. The van der Waals surface area contributed by atoms with Gasteiger partial charge in [0.1, 0.15) is 0 Å². The van der Waals surface area contributed by atoms with Crippen LogP contribution in [0.2, 0.25) is 0 Å². The number of ether oxygens (including phenoxy) is 1. The summed E-state index contributed by atoms with van der Waals surface area (Å²) in [5.74, 6) is 1.26. The Hall–Kier alpha value is -1.89. The number of hydrogen-bond acceptors (Lipinski definition) is 5. The number of Topliss-reactive ketones (excluding diaryl/α,β-unsaturated/α-hetero) is 1. The maximum atomic E-state index is 13.3. The molecule has 1 aromatic carbocycles. The van der Waals surface area contributed by atoms with Crippen molar-refractivity contribution in [2.24, 2.45) is 23.2 Å². The summed E-state index contributed by atoms with van der Waals surface area (Å²) < 4.78 is 30.9. The zero-order valence-electron chi connectivity index (χ0n) is 16.3. The summed E-state index contributed by atoms with van der Waals surface area (Å²) in [7, 11) is -3.53. The van der Waals surface area contributed by atoms with Gasteiger partial charge in [-0.05, 0) is 75.3 Å². The normalized spacial score (nSPS) is 32.0. The molecule has 0 spiro atoms. The molecular weight excluding hydrogens is 378 g/mol. The lowest BCUT2D eigenvalue weighted by Crippen LogP contribution is -2.52. The van der Waals surface area contributed by atoms with E-state index in [-0.39, 0.29) is 22.4 Å². The molecule has 28 heavy (non-hydrogen) atoms. The van der Waals surface area contributed by atoms with Gasteiger partial charge in [0.15, 0.2) is 11.9 Å².